The van der Waals surface area contributed by atoms with E-state index in [9.17, 15) is 19.5 Å². The van der Waals surface area contributed by atoms with E-state index >= 15 is 0 Å². The lowest BCUT2D eigenvalue weighted by Gasteiger charge is -2.33. The van der Waals surface area contributed by atoms with Crippen molar-refractivity contribution < 1.29 is 19.5 Å². The molecule has 23 heavy (non-hydrogen) atoms. The Kier molecular flexibility index (Phi) is 6.15. The summed E-state index contributed by atoms with van der Waals surface area (Å²) in [5.74, 6) is -1.26. The molecule has 1 aromatic rings. The molecule has 0 radical (unpaired) electrons. The van der Waals surface area contributed by atoms with Crippen molar-refractivity contribution in [1.82, 2.24) is 10.6 Å². The molecular formula is C16H22N2O4S. The average molecular weight is 338 g/mol. The van der Waals surface area contributed by atoms with Crippen LogP contribution in [-0.2, 0) is 9.59 Å². The van der Waals surface area contributed by atoms with Crippen LogP contribution in [0.25, 0.3) is 0 Å². The topological polar surface area (TPSA) is 95.5 Å². The summed E-state index contributed by atoms with van der Waals surface area (Å²) in [4.78, 5) is 35.7. The standard InChI is InChI=1S/C16H22N2O4S/c19-13(6-9-17-14(20)12-5-4-10-23-12)18-11-16(15(21)22)7-2-1-3-8-16/h4-5,10H,1-3,6-9,11H2,(H,17,20)(H,18,19)(H,21,22). The van der Waals surface area contributed by atoms with Gasteiger partial charge in [0.1, 0.15) is 0 Å². The summed E-state index contributed by atoms with van der Waals surface area (Å²) in [5.41, 5.74) is -0.825. The summed E-state index contributed by atoms with van der Waals surface area (Å²) >= 11 is 1.34. The van der Waals surface area contributed by atoms with Crippen LogP contribution in [0.1, 0.15) is 48.2 Å². The van der Waals surface area contributed by atoms with Crippen molar-refractivity contribution in [3.8, 4) is 0 Å². The van der Waals surface area contributed by atoms with E-state index in [0.717, 1.165) is 19.3 Å². The van der Waals surface area contributed by atoms with Crippen LogP contribution in [0, 0.1) is 5.41 Å². The van der Waals surface area contributed by atoms with E-state index in [0.29, 0.717) is 17.7 Å². The van der Waals surface area contributed by atoms with Crippen molar-refractivity contribution in [2.24, 2.45) is 5.41 Å². The Labute approximate surface area is 139 Å². The van der Waals surface area contributed by atoms with Crippen LogP contribution >= 0.6 is 11.3 Å². The lowest BCUT2D eigenvalue weighted by molar-refractivity contribution is -0.151. The second-order valence-electron chi connectivity index (χ2n) is 5.91. The highest BCUT2D eigenvalue weighted by atomic mass is 32.1. The minimum atomic E-state index is -0.830. The molecule has 2 rings (SSSR count). The van der Waals surface area contributed by atoms with E-state index < -0.39 is 11.4 Å². The maximum atomic E-state index is 11.9. The maximum absolute atomic E-state index is 11.9. The predicted octanol–water partition coefficient (Wildman–Crippen LogP) is 2.02. The molecule has 1 aliphatic carbocycles. The van der Waals surface area contributed by atoms with Gasteiger partial charge in [0.15, 0.2) is 0 Å². The van der Waals surface area contributed by atoms with E-state index in [4.69, 9.17) is 0 Å². The number of carboxylic acids is 1. The molecule has 1 saturated carbocycles. The zero-order chi connectivity index (χ0) is 16.7. The number of rotatable bonds is 7. The minimum absolute atomic E-state index is 0.146. The Morgan fingerprint density at radius 3 is 2.52 bits per heavy atom. The third kappa shape index (κ3) is 4.79. The number of hydrogen-bond acceptors (Lipinski definition) is 4. The van der Waals surface area contributed by atoms with Gasteiger partial charge < -0.3 is 15.7 Å². The quantitative estimate of drug-likeness (QED) is 0.709. The molecule has 1 aromatic heterocycles. The van der Waals surface area contributed by atoms with Gasteiger partial charge >= 0.3 is 5.97 Å². The molecule has 1 heterocycles. The van der Waals surface area contributed by atoms with Gasteiger partial charge in [0.05, 0.1) is 10.3 Å². The zero-order valence-corrected chi connectivity index (χ0v) is 13.8. The molecule has 0 atom stereocenters. The molecule has 0 bridgehead atoms. The van der Waals surface area contributed by atoms with Gasteiger partial charge in [0.2, 0.25) is 5.91 Å². The third-order valence-corrected chi connectivity index (χ3v) is 5.14. The van der Waals surface area contributed by atoms with Gasteiger partial charge in [-0.2, -0.15) is 0 Å². The van der Waals surface area contributed by atoms with E-state index in [2.05, 4.69) is 10.6 Å². The second-order valence-corrected chi connectivity index (χ2v) is 6.85. The number of hydrogen-bond donors (Lipinski definition) is 3. The SMILES string of the molecule is O=C(CCNC(=O)c1cccs1)NCC1(C(=O)O)CCCCC1. The number of carboxylic acid groups (broad SMARTS) is 1. The molecule has 1 fully saturated rings. The van der Waals surface area contributed by atoms with Gasteiger partial charge in [0.25, 0.3) is 5.91 Å². The van der Waals surface area contributed by atoms with Crippen LogP contribution in [0.5, 0.6) is 0 Å². The van der Waals surface area contributed by atoms with Crippen molar-refractivity contribution in [1.29, 1.82) is 0 Å². The Hall–Kier alpha value is -1.89. The van der Waals surface area contributed by atoms with Crippen LogP contribution in [0.4, 0.5) is 0 Å². The van der Waals surface area contributed by atoms with Crippen LogP contribution in [-0.4, -0.2) is 36.0 Å². The fraction of sp³-hybridized carbons (Fsp3) is 0.562. The van der Waals surface area contributed by atoms with E-state index in [1.54, 1.807) is 12.1 Å². The second kappa shape index (κ2) is 8.10. The minimum Gasteiger partial charge on any atom is -0.481 e. The molecule has 0 saturated heterocycles. The molecule has 0 unspecified atom stereocenters. The Balaban J connectivity index is 1.72. The average Bonchev–Trinajstić information content (AvgIpc) is 3.08. The summed E-state index contributed by atoms with van der Waals surface area (Å²) in [6, 6.07) is 3.52. The van der Waals surface area contributed by atoms with Crippen molar-refractivity contribution in [3.05, 3.63) is 22.4 Å². The molecule has 126 valence electrons. The van der Waals surface area contributed by atoms with E-state index in [-0.39, 0.29) is 31.3 Å². The molecule has 0 aromatic carbocycles. The van der Waals surface area contributed by atoms with Gasteiger partial charge in [-0.25, -0.2) is 0 Å². The molecule has 0 spiro atoms. The highest BCUT2D eigenvalue weighted by Gasteiger charge is 2.39. The number of aliphatic carboxylic acids is 1. The summed E-state index contributed by atoms with van der Waals surface area (Å²) < 4.78 is 0. The lowest BCUT2D eigenvalue weighted by Crippen LogP contribution is -2.44. The number of nitrogens with one attached hydrogen (secondary N) is 2. The number of carbonyl (C=O) groups excluding carboxylic acids is 2. The molecule has 0 aliphatic heterocycles. The first-order chi connectivity index (χ1) is 11.0. The molecule has 3 N–H and O–H groups in total. The smallest absolute Gasteiger partial charge is 0.311 e. The van der Waals surface area contributed by atoms with E-state index in [1.807, 2.05) is 5.38 Å². The molecule has 6 nitrogen and oxygen atoms in total. The predicted molar refractivity (Wildman–Crippen MR) is 87.4 cm³/mol. The van der Waals surface area contributed by atoms with Crippen molar-refractivity contribution in [3.63, 3.8) is 0 Å². The maximum Gasteiger partial charge on any atom is 0.311 e. The first-order valence-corrected chi connectivity index (χ1v) is 8.73. The van der Waals surface area contributed by atoms with Crippen molar-refractivity contribution >= 4 is 29.1 Å². The molecule has 2 amide bonds. The Morgan fingerprint density at radius 1 is 1.17 bits per heavy atom. The van der Waals surface area contributed by atoms with Crippen LogP contribution in [0.15, 0.2) is 17.5 Å². The molecule has 1 aliphatic rings. The molecular weight excluding hydrogens is 316 g/mol. The highest BCUT2D eigenvalue weighted by molar-refractivity contribution is 7.12. The zero-order valence-electron chi connectivity index (χ0n) is 13.0. The summed E-state index contributed by atoms with van der Waals surface area (Å²) in [5, 5.41) is 16.7. The van der Waals surface area contributed by atoms with Gasteiger partial charge in [-0.05, 0) is 24.3 Å². The van der Waals surface area contributed by atoms with Gasteiger partial charge in [0, 0.05) is 19.5 Å². The van der Waals surface area contributed by atoms with Gasteiger partial charge in [-0.15, -0.1) is 11.3 Å². The summed E-state index contributed by atoms with van der Waals surface area (Å²) in [6.45, 7) is 0.405. The highest BCUT2D eigenvalue weighted by Crippen LogP contribution is 2.35. The number of thiophene rings is 1. The monoisotopic (exact) mass is 338 g/mol. The fourth-order valence-electron chi connectivity index (χ4n) is 2.84. The van der Waals surface area contributed by atoms with Crippen molar-refractivity contribution in [2.75, 3.05) is 13.1 Å². The number of amides is 2. The number of carbonyl (C=O) groups is 3. The van der Waals surface area contributed by atoms with Crippen LogP contribution in [0.2, 0.25) is 0 Å². The summed E-state index contributed by atoms with van der Waals surface area (Å²) in [6.07, 6.45) is 4.19. The van der Waals surface area contributed by atoms with Gasteiger partial charge in [-0.3, -0.25) is 14.4 Å². The lowest BCUT2D eigenvalue weighted by atomic mass is 9.74. The fourth-order valence-corrected chi connectivity index (χ4v) is 3.48. The van der Waals surface area contributed by atoms with E-state index in [1.165, 1.54) is 11.3 Å². The summed E-state index contributed by atoms with van der Waals surface area (Å²) in [7, 11) is 0. The Bertz CT molecular complexity index is 550. The first kappa shape index (κ1) is 17.5. The largest absolute Gasteiger partial charge is 0.481 e. The third-order valence-electron chi connectivity index (χ3n) is 4.27. The molecule has 7 heteroatoms. The normalized spacial score (nSPS) is 16.5. The first-order valence-electron chi connectivity index (χ1n) is 7.85. The van der Waals surface area contributed by atoms with Crippen LogP contribution < -0.4 is 10.6 Å². The van der Waals surface area contributed by atoms with Crippen molar-refractivity contribution in [2.45, 2.75) is 38.5 Å². The Morgan fingerprint density at radius 2 is 1.91 bits per heavy atom. The van der Waals surface area contributed by atoms with Gasteiger partial charge in [-0.1, -0.05) is 25.3 Å². The van der Waals surface area contributed by atoms with Crippen LogP contribution in [0.3, 0.4) is 0 Å².